The first-order chi connectivity index (χ1) is 20.8. The number of benzene rings is 3. The highest BCUT2D eigenvalue weighted by molar-refractivity contribution is 5.94. The summed E-state index contributed by atoms with van der Waals surface area (Å²) in [7, 11) is 1.43. The molecule has 1 saturated heterocycles. The van der Waals surface area contributed by atoms with Crippen LogP contribution >= 0.6 is 0 Å². The van der Waals surface area contributed by atoms with Crippen LogP contribution in [0.15, 0.2) is 66.9 Å². The van der Waals surface area contributed by atoms with Crippen LogP contribution in [0.5, 0.6) is 5.75 Å². The van der Waals surface area contributed by atoms with E-state index in [-0.39, 0.29) is 30.0 Å². The Balaban J connectivity index is 1.39. The number of piperidine rings is 1. The minimum atomic E-state index is -0.287. The second kappa shape index (κ2) is 11.6. The highest BCUT2D eigenvalue weighted by Gasteiger charge is 2.47. The minimum Gasteiger partial charge on any atom is -0.485 e. The van der Waals surface area contributed by atoms with E-state index >= 15 is 0 Å². The molecule has 6 rings (SSSR count). The van der Waals surface area contributed by atoms with Gasteiger partial charge < -0.3 is 24.8 Å². The lowest BCUT2D eigenvalue weighted by Crippen LogP contribution is -2.44. The number of carbonyl (C=O) groups excluding carboxylic acids is 2. The molecule has 0 bridgehead atoms. The molecule has 0 saturated carbocycles. The lowest BCUT2D eigenvalue weighted by atomic mass is 9.73. The number of aromatic nitrogens is 1. The molecule has 1 fully saturated rings. The van der Waals surface area contributed by atoms with Gasteiger partial charge in [0.2, 0.25) is 0 Å². The van der Waals surface area contributed by atoms with Crippen LogP contribution in [0.3, 0.4) is 0 Å². The zero-order chi connectivity index (χ0) is 30.1. The average Bonchev–Trinajstić information content (AvgIpc) is 3.30. The van der Waals surface area contributed by atoms with Crippen molar-refractivity contribution in [1.29, 1.82) is 0 Å². The van der Waals surface area contributed by atoms with Gasteiger partial charge in [0.1, 0.15) is 17.7 Å². The van der Waals surface area contributed by atoms with E-state index in [0.29, 0.717) is 31.3 Å². The molecule has 1 aliphatic heterocycles. The third kappa shape index (κ3) is 5.38. The van der Waals surface area contributed by atoms with Crippen molar-refractivity contribution in [1.82, 2.24) is 9.88 Å². The van der Waals surface area contributed by atoms with E-state index in [1.807, 2.05) is 38.1 Å². The van der Waals surface area contributed by atoms with Gasteiger partial charge in [0.15, 0.2) is 0 Å². The first kappa shape index (κ1) is 28.5. The van der Waals surface area contributed by atoms with Crippen molar-refractivity contribution < 1.29 is 23.8 Å². The van der Waals surface area contributed by atoms with Crippen molar-refractivity contribution in [2.24, 2.45) is 0 Å². The van der Waals surface area contributed by atoms with E-state index in [1.54, 1.807) is 11.1 Å². The molecule has 1 amide bonds. The third-order valence-corrected chi connectivity index (χ3v) is 9.09. The van der Waals surface area contributed by atoms with Gasteiger partial charge in [-0.1, -0.05) is 36.4 Å². The monoisotopic (exact) mass is 579 g/mol. The number of amides is 1. The topological polar surface area (TPSA) is 104 Å². The fourth-order valence-corrected chi connectivity index (χ4v) is 6.78. The quantitative estimate of drug-likeness (QED) is 0.259. The predicted molar refractivity (Wildman–Crippen MR) is 166 cm³/mol. The molecule has 8 nitrogen and oxygen atoms in total. The van der Waals surface area contributed by atoms with Crippen LogP contribution in [0.2, 0.25) is 0 Å². The molecule has 1 atom stereocenters. The van der Waals surface area contributed by atoms with Gasteiger partial charge in [-0.05, 0) is 90.6 Å². The number of carbonyl (C=O) groups is 2. The molecule has 4 aromatic rings. The molecule has 2 heterocycles. The number of aryl methyl sites for hydroxylation is 1. The SMILES string of the molecule is CCOC(=O)Cc1c(C)cccc1OC1CC2(CCN(C(=O)OC)CC2)c2ccc(-c3ccc4ccnc(N)c4c3)cc21. The Morgan fingerprint density at radius 3 is 2.58 bits per heavy atom. The Bertz CT molecular complexity index is 1690. The van der Waals surface area contributed by atoms with Crippen molar-refractivity contribution in [3.63, 3.8) is 0 Å². The number of methoxy groups -OCH3 is 1. The number of nitrogen functional groups attached to an aromatic ring is 1. The number of ether oxygens (including phenoxy) is 3. The molecule has 2 N–H and O–H groups in total. The van der Waals surface area contributed by atoms with E-state index in [2.05, 4.69) is 41.4 Å². The number of anilines is 1. The predicted octanol–water partition coefficient (Wildman–Crippen LogP) is 6.52. The molecule has 0 radical (unpaired) electrons. The van der Waals surface area contributed by atoms with Gasteiger partial charge >= 0.3 is 12.1 Å². The van der Waals surface area contributed by atoms with Crippen molar-refractivity contribution in [3.8, 4) is 16.9 Å². The zero-order valence-electron chi connectivity index (χ0n) is 24.9. The van der Waals surface area contributed by atoms with Crippen LogP contribution in [0.25, 0.3) is 21.9 Å². The number of rotatable bonds is 6. The summed E-state index contributed by atoms with van der Waals surface area (Å²) in [6.07, 6.45) is 3.77. The summed E-state index contributed by atoms with van der Waals surface area (Å²) in [4.78, 5) is 30.8. The molecular weight excluding hydrogens is 542 g/mol. The van der Waals surface area contributed by atoms with Crippen LogP contribution in [-0.2, 0) is 26.1 Å². The summed E-state index contributed by atoms with van der Waals surface area (Å²) < 4.78 is 17.1. The van der Waals surface area contributed by atoms with Crippen LogP contribution in [0, 0.1) is 6.92 Å². The maximum Gasteiger partial charge on any atom is 0.409 e. The highest BCUT2D eigenvalue weighted by atomic mass is 16.5. The lowest BCUT2D eigenvalue weighted by Gasteiger charge is -2.39. The maximum atomic E-state index is 12.5. The molecule has 8 heteroatoms. The molecule has 1 aliphatic carbocycles. The Morgan fingerprint density at radius 2 is 1.81 bits per heavy atom. The molecule has 1 aromatic heterocycles. The second-order valence-corrected chi connectivity index (χ2v) is 11.5. The van der Waals surface area contributed by atoms with Gasteiger partial charge in [0, 0.05) is 35.7 Å². The van der Waals surface area contributed by atoms with E-state index in [9.17, 15) is 9.59 Å². The number of hydrogen-bond donors (Lipinski definition) is 1. The van der Waals surface area contributed by atoms with Crippen molar-refractivity contribution in [3.05, 3.63) is 89.1 Å². The van der Waals surface area contributed by atoms with Crippen molar-refractivity contribution >= 4 is 28.7 Å². The van der Waals surface area contributed by atoms with E-state index in [0.717, 1.165) is 57.9 Å². The summed E-state index contributed by atoms with van der Waals surface area (Å²) >= 11 is 0. The van der Waals surface area contributed by atoms with Gasteiger partial charge in [-0.25, -0.2) is 9.78 Å². The number of hydrogen-bond acceptors (Lipinski definition) is 7. The molecule has 1 spiro atoms. The Kier molecular flexibility index (Phi) is 7.69. The molecule has 1 unspecified atom stereocenters. The van der Waals surface area contributed by atoms with Gasteiger partial charge in [-0.2, -0.15) is 0 Å². The van der Waals surface area contributed by atoms with Gasteiger partial charge in [0.25, 0.3) is 0 Å². The van der Waals surface area contributed by atoms with E-state index in [4.69, 9.17) is 19.9 Å². The van der Waals surface area contributed by atoms with Crippen LogP contribution in [0.1, 0.15) is 54.5 Å². The summed E-state index contributed by atoms with van der Waals surface area (Å²) in [5, 5.41) is 1.96. The summed E-state index contributed by atoms with van der Waals surface area (Å²) in [6, 6.07) is 20.8. The lowest BCUT2D eigenvalue weighted by molar-refractivity contribution is -0.142. The smallest absolute Gasteiger partial charge is 0.409 e. The van der Waals surface area contributed by atoms with Gasteiger partial charge in [-0.3, -0.25) is 4.79 Å². The maximum absolute atomic E-state index is 12.5. The number of likely N-dealkylation sites (tertiary alicyclic amines) is 1. The second-order valence-electron chi connectivity index (χ2n) is 11.5. The summed E-state index contributed by atoms with van der Waals surface area (Å²) in [6.45, 7) is 5.38. The average molecular weight is 580 g/mol. The van der Waals surface area contributed by atoms with Gasteiger partial charge in [0.05, 0.1) is 20.1 Å². The van der Waals surface area contributed by atoms with E-state index < -0.39 is 0 Å². The Hall–Kier alpha value is -4.59. The Morgan fingerprint density at radius 1 is 1.05 bits per heavy atom. The van der Waals surface area contributed by atoms with Crippen molar-refractivity contribution in [2.45, 2.75) is 51.0 Å². The van der Waals surface area contributed by atoms with Crippen LogP contribution in [0.4, 0.5) is 10.6 Å². The number of fused-ring (bicyclic) bond motifs is 3. The number of nitrogens with two attached hydrogens (primary N) is 1. The molecule has 222 valence electrons. The fourth-order valence-electron chi connectivity index (χ4n) is 6.78. The van der Waals surface area contributed by atoms with E-state index in [1.165, 1.54) is 12.7 Å². The summed E-state index contributed by atoms with van der Waals surface area (Å²) in [5.74, 6) is 0.932. The molecule has 3 aromatic carbocycles. The molecule has 43 heavy (non-hydrogen) atoms. The van der Waals surface area contributed by atoms with Crippen LogP contribution < -0.4 is 10.5 Å². The number of pyridine rings is 1. The Labute approximate surface area is 251 Å². The summed E-state index contributed by atoms with van der Waals surface area (Å²) in [5.41, 5.74) is 12.4. The van der Waals surface area contributed by atoms with Gasteiger partial charge in [-0.15, -0.1) is 0 Å². The molecular formula is C35H37N3O5. The zero-order valence-corrected chi connectivity index (χ0v) is 24.9. The number of esters is 1. The minimum absolute atomic E-state index is 0.133. The standard InChI is InChI=1S/C35H37N3O5/c1-4-42-32(39)20-26-22(2)6-5-7-30(26)43-31-21-35(13-16-38(17-14-35)34(40)41-3)29-11-10-25(19-28(29)31)24-9-8-23-12-15-37-33(36)27(23)18-24/h5-12,15,18-19,31H,4,13-14,16-17,20-21H2,1-3H3,(H2,36,37). The molecule has 2 aliphatic rings. The van der Waals surface area contributed by atoms with Crippen LogP contribution in [-0.4, -0.2) is 48.8 Å². The third-order valence-electron chi connectivity index (χ3n) is 9.09. The highest BCUT2D eigenvalue weighted by Crippen LogP contribution is 2.53. The van der Waals surface area contributed by atoms with Crippen molar-refractivity contribution in [2.75, 3.05) is 32.5 Å². The number of nitrogens with zero attached hydrogens (tertiary/aromatic N) is 2. The first-order valence-electron chi connectivity index (χ1n) is 14.8. The normalized spacial score (nSPS) is 17.1. The largest absolute Gasteiger partial charge is 0.485 e. The first-order valence-corrected chi connectivity index (χ1v) is 14.8. The fraction of sp³-hybridized carbons (Fsp3) is 0.343.